The van der Waals surface area contributed by atoms with Crippen LogP contribution in [0.4, 0.5) is 13.2 Å². The zero-order chi connectivity index (χ0) is 21.9. The van der Waals surface area contributed by atoms with Gasteiger partial charge in [-0.05, 0) is 29.3 Å². The Morgan fingerprint density at radius 2 is 1.94 bits per heavy atom. The molecule has 2 atom stereocenters. The lowest BCUT2D eigenvalue weighted by molar-refractivity contribution is -0.129. The van der Waals surface area contributed by atoms with Gasteiger partial charge in [-0.1, -0.05) is 12.1 Å². The average molecular weight is 427 g/mol. The van der Waals surface area contributed by atoms with Gasteiger partial charge in [0.05, 0.1) is 11.8 Å². The first kappa shape index (κ1) is 19.8. The molecule has 0 saturated carbocycles. The number of aliphatic hydroxyl groups excluding tert-OH is 1. The second-order valence-electron chi connectivity index (χ2n) is 8.09. The van der Waals surface area contributed by atoms with Crippen LogP contribution < -0.4 is 0 Å². The van der Waals surface area contributed by atoms with E-state index < -0.39 is 29.6 Å². The van der Waals surface area contributed by atoms with E-state index >= 15 is 0 Å². The maximum absolute atomic E-state index is 14.3. The minimum atomic E-state index is -0.985. The van der Waals surface area contributed by atoms with E-state index in [4.69, 9.17) is 5.10 Å². The Morgan fingerprint density at radius 3 is 2.68 bits per heavy atom. The number of hydrogen-bond donors (Lipinski definition) is 1. The monoisotopic (exact) mass is 427 g/mol. The molecule has 8 heteroatoms. The predicted molar refractivity (Wildman–Crippen MR) is 107 cm³/mol. The van der Waals surface area contributed by atoms with Gasteiger partial charge in [0, 0.05) is 55.7 Å². The highest BCUT2D eigenvalue weighted by molar-refractivity contribution is 5.74. The van der Waals surface area contributed by atoms with Gasteiger partial charge < -0.3 is 10.0 Å². The first-order valence-corrected chi connectivity index (χ1v) is 10.1. The van der Waals surface area contributed by atoms with Crippen molar-refractivity contribution in [1.82, 2.24) is 14.7 Å². The van der Waals surface area contributed by atoms with Gasteiger partial charge in [0.2, 0.25) is 5.91 Å². The topological polar surface area (TPSA) is 58.4 Å². The number of hydrogen-bond acceptors (Lipinski definition) is 3. The Bertz CT molecular complexity index is 1210. The van der Waals surface area contributed by atoms with Gasteiger partial charge in [-0.25, -0.2) is 13.2 Å². The Kier molecular flexibility index (Phi) is 4.62. The summed E-state index contributed by atoms with van der Waals surface area (Å²) >= 11 is 0. The summed E-state index contributed by atoms with van der Waals surface area (Å²) in [5, 5.41) is 15.5. The fourth-order valence-electron chi connectivity index (χ4n) is 4.74. The molecule has 1 N–H and O–H groups in total. The van der Waals surface area contributed by atoms with Gasteiger partial charge in [-0.3, -0.25) is 9.48 Å². The first-order valence-electron chi connectivity index (χ1n) is 10.1. The molecule has 2 unspecified atom stereocenters. The van der Waals surface area contributed by atoms with E-state index in [1.54, 1.807) is 21.7 Å². The molecule has 3 aromatic rings. The Morgan fingerprint density at radius 1 is 1.13 bits per heavy atom. The van der Waals surface area contributed by atoms with Crippen LogP contribution in [-0.4, -0.2) is 38.3 Å². The second-order valence-corrected chi connectivity index (χ2v) is 8.09. The summed E-state index contributed by atoms with van der Waals surface area (Å²) in [7, 11) is 0. The number of amides is 1. The third kappa shape index (κ3) is 3.22. The Hall–Kier alpha value is -3.13. The molecule has 1 aromatic heterocycles. The summed E-state index contributed by atoms with van der Waals surface area (Å²) < 4.78 is 43.9. The van der Waals surface area contributed by atoms with Crippen LogP contribution in [-0.2, 0) is 24.2 Å². The van der Waals surface area contributed by atoms with Crippen LogP contribution in [0.5, 0.6) is 0 Å². The lowest BCUT2D eigenvalue weighted by Gasteiger charge is -2.28. The van der Waals surface area contributed by atoms with Crippen LogP contribution >= 0.6 is 0 Å². The van der Waals surface area contributed by atoms with E-state index in [0.29, 0.717) is 36.3 Å². The van der Waals surface area contributed by atoms with Crippen LogP contribution in [0, 0.1) is 17.5 Å². The molecule has 0 radical (unpaired) electrons. The fraction of sp³-hybridized carbons (Fsp3) is 0.304. The smallest absolute Gasteiger partial charge is 0.219 e. The molecule has 160 valence electrons. The first-order chi connectivity index (χ1) is 14.8. The molecule has 2 aliphatic rings. The minimum Gasteiger partial charge on any atom is -0.390 e. The van der Waals surface area contributed by atoms with Crippen molar-refractivity contribution >= 4 is 5.91 Å². The standard InChI is InChI=1S/C23H20F3N3O2/c1-12(30)28-6-5-20-18(11-28)22(13-3-2-4-14(24)7-13)27-29(20)23-17-8-15(25)9-19(26)16(17)10-21(23)31/h2-4,7-9,21,23,31H,5-6,10-11H2,1H3. The van der Waals surface area contributed by atoms with Gasteiger partial charge in [-0.15, -0.1) is 0 Å². The summed E-state index contributed by atoms with van der Waals surface area (Å²) in [6, 6.07) is 7.28. The molecule has 0 bridgehead atoms. The molecule has 1 amide bonds. The predicted octanol–water partition coefficient (Wildman–Crippen LogP) is 3.38. The zero-order valence-corrected chi connectivity index (χ0v) is 16.8. The van der Waals surface area contributed by atoms with E-state index in [0.717, 1.165) is 17.3 Å². The van der Waals surface area contributed by atoms with Gasteiger partial charge in [0.15, 0.2) is 0 Å². The summed E-state index contributed by atoms with van der Waals surface area (Å²) in [4.78, 5) is 13.7. The number of aliphatic hydroxyl groups is 1. The summed E-state index contributed by atoms with van der Waals surface area (Å²) in [6.45, 7) is 2.24. The lowest BCUT2D eigenvalue weighted by Crippen LogP contribution is -2.35. The number of carbonyl (C=O) groups excluding carboxylic acids is 1. The number of aromatic nitrogens is 2. The van der Waals surface area contributed by atoms with Crippen LogP contribution in [0.2, 0.25) is 0 Å². The maximum Gasteiger partial charge on any atom is 0.219 e. The number of nitrogens with zero attached hydrogens (tertiary/aromatic N) is 3. The molecule has 2 aromatic carbocycles. The van der Waals surface area contributed by atoms with Crippen molar-refractivity contribution in [2.75, 3.05) is 6.54 Å². The van der Waals surface area contributed by atoms with Gasteiger partial charge in [0.25, 0.3) is 0 Å². The molecule has 5 rings (SSSR count). The van der Waals surface area contributed by atoms with Crippen LogP contribution in [0.15, 0.2) is 36.4 Å². The molecule has 1 aliphatic heterocycles. The number of fused-ring (bicyclic) bond motifs is 2. The number of halogens is 3. The third-order valence-corrected chi connectivity index (χ3v) is 6.18. The number of carbonyl (C=O) groups is 1. The van der Waals surface area contributed by atoms with Crippen molar-refractivity contribution < 1.29 is 23.1 Å². The van der Waals surface area contributed by atoms with Crippen LogP contribution in [0.1, 0.15) is 35.3 Å². The molecule has 0 saturated heterocycles. The highest BCUT2D eigenvalue weighted by atomic mass is 19.1. The largest absolute Gasteiger partial charge is 0.390 e. The molecule has 31 heavy (non-hydrogen) atoms. The molecule has 2 heterocycles. The Labute approximate surface area is 176 Å². The van der Waals surface area contributed by atoms with Crippen molar-refractivity contribution in [3.8, 4) is 11.3 Å². The van der Waals surface area contributed by atoms with Gasteiger partial charge in [-0.2, -0.15) is 5.10 Å². The minimum absolute atomic E-state index is 0.0512. The van der Waals surface area contributed by atoms with Crippen molar-refractivity contribution in [3.05, 3.63) is 76.2 Å². The summed E-state index contributed by atoms with van der Waals surface area (Å²) in [6.07, 6.45) is -0.468. The van der Waals surface area contributed by atoms with Crippen LogP contribution in [0.25, 0.3) is 11.3 Å². The van der Waals surface area contributed by atoms with Crippen molar-refractivity contribution in [1.29, 1.82) is 0 Å². The SMILES string of the molecule is CC(=O)N1CCc2c(c(-c3cccc(F)c3)nn2C2c3cc(F)cc(F)c3CC2O)C1. The maximum atomic E-state index is 14.3. The van der Waals surface area contributed by atoms with E-state index in [1.807, 2.05) is 0 Å². The fourth-order valence-corrected chi connectivity index (χ4v) is 4.74. The number of benzene rings is 2. The molecular formula is C23H20F3N3O2. The van der Waals surface area contributed by atoms with Crippen molar-refractivity contribution in [2.45, 2.75) is 38.5 Å². The highest BCUT2D eigenvalue weighted by Crippen LogP contribution is 2.40. The highest BCUT2D eigenvalue weighted by Gasteiger charge is 2.39. The summed E-state index contributed by atoms with van der Waals surface area (Å²) in [5.41, 5.74) is 3.20. The van der Waals surface area contributed by atoms with E-state index in [9.17, 15) is 23.1 Å². The molecule has 5 nitrogen and oxygen atoms in total. The molecular weight excluding hydrogens is 407 g/mol. The number of rotatable bonds is 2. The van der Waals surface area contributed by atoms with Crippen LogP contribution in [0.3, 0.4) is 0 Å². The second kappa shape index (κ2) is 7.23. The molecule has 1 aliphatic carbocycles. The zero-order valence-electron chi connectivity index (χ0n) is 16.8. The van der Waals surface area contributed by atoms with E-state index in [2.05, 4.69) is 0 Å². The molecule has 0 fully saturated rings. The average Bonchev–Trinajstić information content (AvgIpc) is 3.25. The summed E-state index contributed by atoms with van der Waals surface area (Å²) in [5.74, 6) is -1.91. The molecule has 0 spiro atoms. The van der Waals surface area contributed by atoms with Crippen molar-refractivity contribution in [3.63, 3.8) is 0 Å². The normalized spacial score (nSPS) is 20.0. The lowest BCUT2D eigenvalue weighted by atomic mass is 10.00. The van der Waals surface area contributed by atoms with Crippen molar-refractivity contribution in [2.24, 2.45) is 0 Å². The quantitative estimate of drug-likeness (QED) is 0.682. The van der Waals surface area contributed by atoms with Gasteiger partial charge in [0.1, 0.15) is 23.5 Å². The Balaban J connectivity index is 1.70. The van der Waals surface area contributed by atoms with E-state index in [-0.39, 0.29) is 17.9 Å². The van der Waals surface area contributed by atoms with E-state index in [1.165, 1.54) is 25.1 Å². The van der Waals surface area contributed by atoms with Gasteiger partial charge >= 0.3 is 0 Å². The third-order valence-electron chi connectivity index (χ3n) is 6.18.